The fourth-order valence-electron chi connectivity index (χ4n) is 2.32. The molecule has 0 amide bonds. The highest BCUT2D eigenvalue weighted by Crippen LogP contribution is 2.26. The van der Waals surface area contributed by atoms with Gasteiger partial charge in [-0.05, 0) is 50.3 Å². The Balaban J connectivity index is 1.76. The molecule has 0 radical (unpaired) electrons. The third kappa shape index (κ3) is 2.83. The zero-order chi connectivity index (χ0) is 11.5. The zero-order valence-electron chi connectivity index (χ0n) is 10.2. The number of nitrogens with one attached hydrogen (secondary N) is 1. The molecule has 0 aliphatic heterocycles. The van der Waals surface area contributed by atoms with Gasteiger partial charge in [0.25, 0.3) is 0 Å². The smallest absolute Gasteiger partial charge is 0.0546 e. The van der Waals surface area contributed by atoms with E-state index in [1.165, 1.54) is 16.7 Å². The number of rotatable bonds is 4. The Bertz CT molecular complexity index is 356. The van der Waals surface area contributed by atoms with Gasteiger partial charge >= 0.3 is 0 Å². The van der Waals surface area contributed by atoms with Crippen LogP contribution in [0, 0.1) is 19.8 Å². The third-order valence-corrected chi connectivity index (χ3v) is 3.46. The van der Waals surface area contributed by atoms with Crippen LogP contribution in [0.4, 0.5) is 0 Å². The Kier molecular flexibility index (Phi) is 3.62. The van der Waals surface area contributed by atoms with Crippen molar-refractivity contribution in [1.82, 2.24) is 5.32 Å². The standard InChI is InChI=1S/C14H21NO/c1-10-3-4-13(11(2)5-10)9-15-8-12-6-14(16)7-12/h3-5,12,14-16H,6-9H2,1-2H3. The highest BCUT2D eigenvalue weighted by Gasteiger charge is 2.26. The fourth-order valence-corrected chi connectivity index (χ4v) is 2.32. The number of aliphatic hydroxyl groups excluding tert-OH is 1. The van der Waals surface area contributed by atoms with Gasteiger partial charge in [0.1, 0.15) is 0 Å². The van der Waals surface area contributed by atoms with Crippen LogP contribution in [-0.4, -0.2) is 17.8 Å². The molecule has 1 aliphatic carbocycles. The van der Waals surface area contributed by atoms with Crippen molar-refractivity contribution in [1.29, 1.82) is 0 Å². The van der Waals surface area contributed by atoms with Gasteiger partial charge in [-0.25, -0.2) is 0 Å². The fraction of sp³-hybridized carbons (Fsp3) is 0.571. The lowest BCUT2D eigenvalue weighted by Crippen LogP contribution is -2.35. The normalized spacial score (nSPS) is 24.2. The van der Waals surface area contributed by atoms with Gasteiger partial charge in [-0.3, -0.25) is 0 Å². The molecule has 0 spiro atoms. The summed E-state index contributed by atoms with van der Waals surface area (Å²) in [6.45, 7) is 6.26. The van der Waals surface area contributed by atoms with Crippen LogP contribution in [0.5, 0.6) is 0 Å². The first-order valence-electron chi connectivity index (χ1n) is 6.10. The van der Waals surface area contributed by atoms with Gasteiger partial charge in [0.2, 0.25) is 0 Å². The van der Waals surface area contributed by atoms with Crippen molar-refractivity contribution in [3.8, 4) is 0 Å². The summed E-state index contributed by atoms with van der Waals surface area (Å²) >= 11 is 0. The van der Waals surface area contributed by atoms with Crippen LogP contribution in [0.15, 0.2) is 18.2 Å². The zero-order valence-corrected chi connectivity index (χ0v) is 10.2. The van der Waals surface area contributed by atoms with Crippen LogP contribution in [0.2, 0.25) is 0 Å². The minimum Gasteiger partial charge on any atom is -0.393 e. The molecule has 2 heteroatoms. The van der Waals surface area contributed by atoms with Crippen molar-refractivity contribution in [2.45, 2.75) is 39.3 Å². The molecule has 0 heterocycles. The van der Waals surface area contributed by atoms with Gasteiger partial charge < -0.3 is 10.4 Å². The minimum atomic E-state index is -0.0343. The van der Waals surface area contributed by atoms with Gasteiger partial charge in [0.15, 0.2) is 0 Å². The molecule has 1 saturated carbocycles. The van der Waals surface area contributed by atoms with Crippen LogP contribution in [0.25, 0.3) is 0 Å². The van der Waals surface area contributed by atoms with Gasteiger partial charge in [-0.1, -0.05) is 23.8 Å². The average molecular weight is 219 g/mol. The lowest BCUT2D eigenvalue weighted by Gasteiger charge is -2.31. The first kappa shape index (κ1) is 11.6. The van der Waals surface area contributed by atoms with Gasteiger partial charge in [-0.15, -0.1) is 0 Å². The molecule has 2 rings (SSSR count). The Morgan fingerprint density at radius 1 is 1.31 bits per heavy atom. The molecule has 1 fully saturated rings. The Morgan fingerprint density at radius 3 is 2.69 bits per heavy atom. The van der Waals surface area contributed by atoms with Gasteiger partial charge in [-0.2, -0.15) is 0 Å². The molecule has 1 aliphatic rings. The Labute approximate surface area is 97.7 Å². The SMILES string of the molecule is Cc1ccc(CNCC2CC(O)C2)c(C)c1. The van der Waals surface area contributed by atoms with E-state index < -0.39 is 0 Å². The molecule has 0 saturated heterocycles. The maximum Gasteiger partial charge on any atom is 0.0546 e. The summed E-state index contributed by atoms with van der Waals surface area (Å²) in [6, 6.07) is 6.59. The van der Waals surface area contributed by atoms with Crippen LogP contribution < -0.4 is 5.32 Å². The number of aryl methyl sites for hydroxylation is 2. The second-order valence-electron chi connectivity index (χ2n) is 5.05. The molecule has 16 heavy (non-hydrogen) atoms. The molecular weight excluding hydrogens is 198 g/mol. The summed E-state index contributed by atoms with van der Waals surface area (Å²) < 4.78 is 0. The minimum absolute atomic E-state index is 0.0343. The molecule has 0 aromatic heterocycles. The first-order chi connectivity index (χ1) is 7.65. The van der Waals surface area contributed by atoms with Crippen molar-refractivity contribution < 1.29 is 5.11 Å². The van der Waals surface area contributed by atoms with Crippen molar-refractivity contribution in [2.75, 3.05) is 6.54 Å². The number of hydrogen-bond acceptors (Lipinski definition) is 2. The van der Waals surface area contributed by atoms with E-state index in [4.69, 9.17) is 0 Å². The summed E-state index contributed by atoms with van der Waals surface area (Å²) in [5.74, 6) is 0.681. The second kappa shape index (κ2) is 4.98. The summed E-state index contributed by atoms with van der Waals surface area (Å²) in [7, 11) is 0. The molecule has 1 aromatic carbocycles. The summed E-state index contributed by atoms with van der Waals surface area (Å²) in [4.78, 5) is 0. The van der Waals surface area contributed by atoms with Crippen molar-refractivity contribution in [2.24, 2.45) is 5.92 Å². The predicted octanol–water partition coefficient (Wildman–Crippen LogP) is 2.16. The second-order valence-corrected chi connectivity index (χ2v) is 5.05. The number of aliphatic hydroxyl groups is 1. The van der Waals surface area contributed by atoms with E-state index in [-0.39, 0.29) is 6.10 Å². The monoisotopic (exact) mass is 219 g/mol. The highest BCUT2D eigenvalue weighted by atomic mass is 16.3. The molecular formula is C14H21NO. The Morgan fingerprint density at radius 2 is 2.06 bits per heavy atom. The quantitative estimate of drug-likeness (QED) is 0.813. The first-order valence-corrected chi connectivity index (χ1v) is 6.10. The molecule has 2 nitrogen and oxygen atoms in total. The summed E-state index contributed by atoms with van der Waals surface area (Å²) in [5.41, 5.74) is 4.06. The van der Waals surface area contributed by atoms with E-state index in [2.05, 4.69) is 37.4 Å². The molecule has 1 aromatic rings. The van der Waals surface area contributed by atoms with E-state index in [0.29, 0.717) is 5.92 Å². The molecule has 2 N–H and O–H groups in total. The van der Waals surface area contributed by atoms with E-state index >= 15 is 0 Å². The van der Waals surface area contributed by atoms with E-state index in [0.717, 1.165) is 25.9 Å². The lowest BCUT2D eigenvalue weighted by atomic mass is 9.82. The summed E-state index contributed by atoms with van der Waals surface area (Å²) in [5, 5.41) is 12.7. The molecule has 0 bridgehead atoms. The Hall–Kier alpha value is -0.860. The number of hydrogen-bond donors (Lipinski definition) is 2. The van der Waals surface area contributed by atoms with Crippen LogP contribution in [-0.2, 0) is 6.54 Å². The summed E-state index contributed by atoms with van der Waals surface area (Å²) in [6.07, 6.45) is 1.91. The maximum absolute atomic E-state index is 9.18. The van der Waals surface area contributed by atoms with E-state index in [1.54, 1.807) is 0 Å². The average Bonchev–Trinajstić information content (AvgIpc) is 2.18. The lowest BCUT2D eigenvalue weighted by molar-refractivity contribution is 0.0429. The van der Waals surface area contributed by atoms with E-state index in [9.17, 15) is 5.11 Å². The number of benzene rings is 1. The van der Waals surface area contributed by atoms with Crippen molar-refractivity contribution in [3.63, 3.8) is 0 Å². The van der Waals surface area contributed by atoms with E-state index in [1.807, 2.05) is 0 Å². The topological polar surface area (TPSA) is 32.3 Å². The van der Waals surface area contributed by atoms with Crippen LogP contribution in [0.3, 0.4) is 0 Å². The van der Waals surface area contributed by atoms with Crippen LogP contribution >= 0.6 is 0 Å². The highest BCUT2D eigenvalue weighted by molar-refractivity contribution is 5.30. The van der Waals surface area contributed by atoms with Gasteiger partial charge in [0.05, 0.1) is 6.10 Å². The third-order valence-electron chi connectivity index (χ3n) is 3.46. The largest absolute Gasteiger partial charge is 0.393 e. The maximum atomic E-state index is 9.18. The van der Waals surface area contributed by atoms with Crippen LogP contribution in [0.1, 0.15) is 29.5 Å². The molecule has 88 valence electrons. The van der Waals surface area contributed by atoms with Gasteiger partial charge in [0, 0.05) is 6.54 Å². The predicted molar refractivity (Wildman–Crippen MR) is 66.4 cm³/mol. The molecule has 0 atom stereocenters. The van der Waals surface area contributed by atoms with Crippen molar-refractivity contribution in [3.05, 3.63) is 34.9 Å². The van der Waals surface area contributed by atoms with Crippen molar-refractivity contribution >= 4 is 0 Å². The molecule has 0 unspecified atom stereocenters.